The van der Waals surface area contributed by atoms with Crippen LogP contribution in [0, 0.1) is 5.92 Å². The van der Waals surface area contributed by atoms with E-state index in [1.54, 1.807) is 26.0 Å². The zero-order valence-corrected chi connectivity index (χ0v) is 11.9. The molecular formula is C16H17NO4. The molecule has 0 heterocycles. The summed E-state index contributed by atoms with van der Waals surface area (Å²) in [5.41, 5.74) is 1.24. The molecule has 0 unspecified atom stereocenters. The van der Waals surface area contributed by atoms with Gasteiger partial charge in [-0.15, -0.1) is 0 Å². The smallest absolute Gasteiger partial charge is 0.293 e. The molecule has 0 fully saturated rings. The summed E-state index contributed by atoms with van der Waals surface area (Å²) in [4.78, 5) is 22.1. The first kappa shape index (κ1) is 14.8. The Kier molecular flexibility index (Phi) is 4.42. The second-order valence-electron chi connectivity index (χ2n) is 5.07. The number of carbonyl (C=O) groups excluding carboxylic acids is 2. The molecule has 0 aliphatic heterocycles. The predicted octanol–water partition coefficient (Wildman–Crippen LogP) is 2.81. The molecule has 110 valence electrons. The normalized spacial score (nSPS) is 10.6. The molecule has 0 saturated carbocycles. The number of phenolic OH excluding ortho intramolecular Hbond substituents is 1. The lowest BCUT2D eigenvalue weighted by atomic mass is 10.0. The number of amides is 1. The first-order chi connectivity index (χ1) is 10.0. The molecule has 2 aromatic carbocycles. The quantitative estimate of drug-likeness (QED) is 0.829. The second-order valence-corrected chi connectivity index (χ2v) is 5.07. The molecule has 5 heteroatoms. The molecular weight excluding hydrogens is 270 g/mol. The number of ether oxygens (including phenoxy) is 1. The molecule has 0 saturated heterocycles. The Hall–Kier alpha value is -2.56. The summed E-state index contributed by atoms with van der Waals surface area (Å²) in [6.45, 7) is 4.06. The van der Waals surface area contributed by atoms with Crippen LogP contribution in [0.3, 0.4) is 0 Å². The van der Waals surface area contributed by atoms with Gasteiger partial charge in [-0.05, 0) is 29.1 Å². The fourth-order valence-corrected chi connectivity index (χ4v) is 2.06. The van der Waals surface area contributed by atoms with Crippen LogP contribution >= 0.6 is 0 Å². The van der Waals surface area contributed by atoms with Crippen molar-refractivity contribution in [3.05, 3.63) is 35.9 Å². The van der Waals surface area contributed by atoms with E-state index in [2.05, 4.69) is 10.1 Å². The molecule has 0 spiro atoms. The van der Waals surface area contributed by atoms with Crippen molar-refractivity contribution in [1.29, 1.82) is 0 Å². The summed E-state index contributed by atoms with van der Waals surface area (Å²) < 4.78 is 4.69. The number of benzene rings is 2. The Morgan fingerprint density at radius 1 is 1.38 bits per heavy atom. The maximum atomic E-state index is 11.8. The lowest BCUT2D eigenvalue weighted by Gasteiger charge is -2.13. The SMILES string of the molecule is CC(C)C(=O)Nc1cccc2cc(COC=O)cc(O)c12. The van der Waals surface area contributed by atoms with E-state index in [9.17, 15) is 14.7 Å². The predicted molar refractivity (Wildman–Crippen MR) is 79.9 cm³/mol. The Labute approximate surface area is 122 Å². The Morgan fingerprint density at radius 3 is 2.81 bits per heavy atom. The van der Waals surface area contributed by atoms with Crippen molar-refractivity contribution in [2.45, 2.75) is 20.5 Å². The first-order valence-corrected chi connectivity index (χ1v) is 6.63. The zero-order chi connectivity index (χ0) is 15.4. The van der Waals surface area contributed by atoms with Gasteiger partial charge in [0.05, 0.1) is 5.69 Å². The minimum absolute atomic E-state index is 0.0386. The third-order valence-corrected chi connectivity index (χ3v) is 3.12. The van der Waals surface area contributed by atoms with Crippen LogP contribution < -0.4 is 5.32 Å². The summed E-state index contributed by atoms with van der Waals surface area (Å²) in [5, 5.41) is 14.3. The number of carbonyl (C=O) groups is 2. The van der Waals surface area contributed by atoms with Gasteiger partial charge in [-0.3, -0.25) is 9.59 Å². The van der Waals surface area contributed by atoms with Gasteiger partial charge in [0, 0.05) is 11.3 Å². The van der Waals surface area contributed by atoms with E-state index < -0.39 is 0 Å². The third kappa shape index (κ3) is 3.31. The number of aromatic hydroxyl groups is 1. The van der Waals surface area contributed by atoms with Crippen LogP contribution in [0.1, 0.15) is 19.4 Å². The average Bonchev–Trinajstić information content (AvgIpc) is 2.44. The highest BCUT2D eigenvalue weighted by molar-refractivity contribution is 6.05. The number of fused-ring (bicyclic) bond motifs is 1. The summed E-state index contributed by atoms with van der Waals surface area (Å²) >= 11 is 0. The maximum Gasteiger partial charge on any atom is 0.293 e. The van der Waals surface area contributed by atoms with E-state index >= 15 is 0 Å². The second kappa shape index (κ2) is 6.26. The molecule has 2 rings (SSSR count). The number of rotatable bonds is 5. The van der Waals surface area contributed by atoms with Crippen LogP contribution in [-0.2, 0) is 20.9 Å². The lowest BCUT2D eigenvalue weighted by molar-refractivity contribution is -0.129. The van der Waals surface area contributed by atoms with Crippen LogP contribution in [0.5, 0.6) is 5.75 Å². The fourth-order valence-electron chi connectivity index (χ4n) is 2.06. The monoisotopic (exact) mass is 287 g/mol. The van der Waals surface area contributed by atoms with Crippen LogP contribution in [-0.4, -0.2) is 17.5 Å². The van der Waals surface area contributed by atoms with E-state index in [-0.39, 0.29) is 24.2 Å². The molecule has 0 radical (unpaired) electrons. The van der Waals surface area contributed by atoms with Crippen molar-refractivity contribution in [3.8, 4) is 5.75 Å². The Bertz CT molecular complexity index is 679. The van der Waals surface area contributed by atoms with Crippen molar-refractivity contribution < 1.29 is 19.4 Å². The third-order valence-electron chi connectivity index (χ3n) is 3.12. The molecule has 0 aliphatic carbocycles. The number of anilines is 1. The van der Waals surface area contributed by atoms with E-state index in [4.69, 9.17) is 0 Å². The minimum Gasteiger partial charge on any atom is -0.507 e. The van der Waals surface area contributed by atoms with Gasteiger partial charge in [0.1, 0.15) is 12.4 Å². The maximum absolute atomic E-state index is 11.8. The van der Waals surface area contributed by atoms with Crippen molar-refractivity contribution in [3.63, 3.8) is 0 Å². The summed E-state index contributed by atoms with van der Waals surface area (Å²) in [6, 6.07) is 8.69. The standard InChI is InChI=1S/C16H17NO4/c1-10(2)16(20)17-13-5-3-4-12-6-11(8-21-9-18)7-14(19)15(12)13/h3-7,9-10,19H,8H2,1-2H3,(H,17,20). The first-order valence-electron chi connectivity index (χ1n) is 6.63. The lowest BCUT2D eigenvalue weighted by Crippen LogP contribution is -2.17. The number of nitrogens with one attached hydrogen (secondary N) is 1. The van der Waals surface area contributed by atoms with Crippen LogP contribution in [0.25, 0.3) is 10.8 Å². The summed E-state index contributed by atoms with van der Waals surface area (Å²) in [5.74, 6) is -0.227. The molecule has 1 amide bonds. The van der Waals surface area contributed by atoms with Crippen LogP contribution in [0.2, 0.25) is 0 Å². The van der Waals surface area contributed by atoms with E-state index in [1.807, 2.05) is 12.1 Å². The molecule has 21 heavy (non-hydrogen) atoms. The summed E-state index contributed by atoms with van der Waals surface area (Å²) in [6.07, 6.45) is 0. The minimum atomic E-state index is -0.150. The van der Waals surface area contributed by atoms with E-state index in [0.29, 0.717) is 23.1 Å². The Balaban J connectivity index is 2.44. The Morgan fingerprint density at radius 2 is 2.14 bits per heavy atom. The highest BCUT2D eigenvalue weighted by Crippen LogP contribution is 2.33. The average molecular weight is 287 g/mol. The fraction of sp³-hybridized carbons (Fsp3) is 0.250. The number of hydrogen-bond acceptors (Lipinski definition) is 4. The van der Waals surface area contributed by atoms with Crippen molar-refractivity contribution in [2.75, 3.05) is 5.32 Å². The van der Waals surface area contributed by atoms with Crippen molar-refractivity contribution in [2.24, 2.45) is 5.92 Å². The molecule has 5 nitrogen and oxygen atoms in total. The number of phenols is 1. The molecule has 0 bridgehead atoms. The molecule has 0 aliphatic rings. The van der Waals surface area contributed by atoms with Crippen molar-refractivity contribution in [1.82, 2.24) is 0 Å². The number of hydrogen-bond donors (Lipinski definition) is 2. The largest absolute Gasteiger partial charge is 0.507 e. The van der Waals surface area contributed by atoms with Crippen LogP contribution in [0.4, 0.5) is 5.69 Å². The van der Waals surface area contributed by atoms with Crippen LogP contribution in [0.15, 0.2) is 30.3 Å². The van der Waals surface area contributed by atoms with Gasteiger partial charge in [0.2, 0.25) is 5.91 Å². The van der Waals surface area contributed by atoms with Crippen molar-refractivity contribution >= 4 is 28.8 Å². The molecule has 2 aromatic rings. The van der Waals surface area contributed by atoms with E-state index in [1.165, 1.54) is 6.07 Å². The van der Waals surface area contributed by atoms with Gasteiger partial charge in [-0.2, -0.15) is 0 Å². The van der Waals surface area contributed by atoms with E-state index in [0.717, 1.165) is 5.39 Å². The molecule has 0 aromatic heterocycles. The van der Waals surface area contributed by atoms with Gasteiger partial charge >= 0.3 is 0 Å². The van der Waals surface area contributed by atoms with Gasteiger partial charge in [0.15, 0.2) is 0 Å². The molecule has 2 N–H and O–H groups in total. The highest BCUT2D eigenvalue weighted by atomic mass is 16.5. The summed E-state index contributed by atoms with van der Waals surface area (Å²) in [7, 11) is 0. The van der Waals surface area contributed by atoms with Gasteiger partial charge in [-0.1, -0.05) is 26.0 Å². The molecule has 0 atom stereocenters. The zero-order valence-electron chi connectivity index (χ0n) is 11.9. The van der Waals surface area contributed by atoms with Gasteiger partial charge in [-0.25, -0.2) is 0 Å². The highest BCUT2D eigenvalue weighted by Gasteiger charge is 2.12. The topological polar surface area (TPSA) is 75.6 Å². The van der Waals surface area contributed by atoms with Gasteiger partial charge in [0.25, 0.3) is 6.47 Å². The van der Waals surface area contributed by atoms with Gasteiger partial charge < -0.3 is 15.2 Å².